The van der Waals surface area contributed by atoms with Crippen LogP contribution in [0.4, 0.5) is 18.9 Å². The number of alkyl halides is 3. The summed E-state index contributed by atoms with van der Waals surface area (Å²) in [5.41, 5.74) is 6.56. The molecule has 0 spiro atoms. The Hall–Kier alpha value is -1.76. The second-order valence-corrected chi connectivity index (χ2v) is 4.26. The Morgan fingerprint density at radius 3 is 2.63 bits per heavy atom. The van der Waals surface area contributed by atoms with Crippen LogP contribution in [0.2, 0.25) is 0 Å². The lowest BCUT2D eigenvalue weighted by atomic mass is 10.2. The van der Waals surface area contributed by atoms with Crippen LogP contribution in [0.5, 0.6) is 0 Å². The summed E-state index contributed by atoms with van der Waals surface area (Å²) in [6, 6.07) is 4.51. The Bertz CT molecular complexity index is 577. The zero-order valence-electron chi connectivity index (χ0n) is 10.1. The predicted molar refractivity (Wildman–Crippen MR) is 65.5 cm³/mol. The van der Waals surface area contributed by atoms with E-state index in [0.29, 0.717) is 24.0 Å². The quantitative estimate of drug-likeness (QED) is 0.664. The maximum atomic E-state index is 12.9. The highest BCUT2D eigenvalue weighted by Crippen LogP contribution is 2.32. The van der Waals surface area contributed by atoms with E-state index in [1.165, 1.54) is 12.1 Å². The maximum absolute atomic E-state index is 12.9. The van der Waals surface area contributed by atoms with Gasteiger partial charge in [-0.05, 0) is 31.0 Å². The molecule has 0 saturated carbocycles. The van der Waals surface area contributed by atoms with Gasteiger partial charge >= 0.3 is 6.18 Å². The Morgan fingerprint density at radius 2 is 2.00 bits per heavy atom. The molecule has 0 amide bonds. The van der Waals surface area contributed by atoms with E-state index in [4.69, 9.17) is 10.8 Å². The summed E-state index contributed by atoms with van der Waals surface area (Å²) < 4.78 is 39.9. The van der Waals surface area contributed by atoms with Gasteiger partial charge in [0.2, 0.25) is 5.82 Å². The number of aliphatic hydroxyl groups is 1. The number of aryl methyl sites for hydroxylation is 1. The van der Waals surface area contributed by atoms with Gasteiger partial charge in [-0.15, -0.1) is 0 Å². The molecule has 2 rings (SSSR count). The van der Waals surface area contributed by atoms with Crippen molar-refractivity contribution in [2.24, 2.45) is 0 Å². The molecule has 1 aromatic heterocycles. The summed E-state index contributed by atoms with van der Waals surface area (Å²) in [6.07, 6.45) is -3.60. The highest BCUT2D eigenvalue weighted by molar-refractivity contribution is 5.79. The van der Waals surface area contributed by atoms with Gasteiger partial charge < -0.3 is 15.4 Å². The van der Waals surface area contributed by atoms with Crippen LogP contribution in [0, 0.1) is 0 Å². The van der Waals surface area contributed by atoms with Gasteiger partial charge in [0, 0.05) is 18.8 Å². The molecule has 7 heteroatoms. The zero-order valence-corrected chi connectivity index (χ0v) is 10.1. The van der Waals surface area contributed by atoms with Gasteiger partial charge in [-0.3, -0.25) is 0 Å². The number of benzene rings is 1. The van der Waals surface area contributed by atoms with Crippen LogP contribution in [0.25, 0.3) is 11.0 Å². The first-order valence-electron chi connectivity index (χ1n) is 5.87. The Balaban J connectivity index is 2.49. The second-order valence-electron chi connectivity index (χ2n) is 4.26. The van der Waals surface area contributed by atoms with Crippen LogP contribution in [-0.4, -0.2) is 21.3 Å². The van der Waals surface area contributed by atoms with Crippen molar-refractivity contribution in [3.63, 3.8) is 0 Å². The summed E-state index contributed by atoms with van der Waals surface area (Å²) >= 11 is 0. The SMILES string of the molecule is Nc1ccc2c(c1)nc(C(F)(F)F)n2CCCCO. The van der Waals surface area contributed by atoms with Gasteiger partial charge in [0.05, 0.1) is 11.0 Å². The molecule has 1 aromatic carbocycles. The molecule has 0 unspecified atom stereocenters. The molecule has 1 heterocycles. The monoisotopic (exact) mass is 273 g/mol. The fourth-order valence-corrected chi connectivity index (χ4v) is 1.97. The number of halogens is 3. The number of hydrogen-bond donors (Lipinski definition) is 2. The highest BCUT2D eigenvalue weighted by Gasteiger charge is 2.37. The van der Waals surface area contributed by atoms with Gasteiger partial charge in [0.1, 0.15) is 0 Å². The first kappa shape index (κ1) is 13.7. The molecule has 3 N–H and O–H groups in total. The van der Waals surface area contributed by atoms with E-state index < -0.39 is 12.0 Å². The van der Waals surface area contributed by atoms with E-state index in [2.05, 4.69) is 4.98 Å². The van der Waals surface area contributed by atoms with Crippen LogP contribution in [-0.2, 0) is 12.7 Å². The number of aliphatic hydroxyl groups excluding tert-OH is 1. The number of hydrogen-bond acceptors (Lipinski definition) is 3. The molecule has 0 aliphatic rings. The van der Waals surface area contributed by atoms with Crippen LogP contribution >= 0.6 is 0 Å². The minimum atomic E-state index is -4.51. The van der Waals surface area contributed by atoms with Crippen molar-refractivity contribution in [2.75, 3.05) is 12.3 Å². The summed E-state index contributed by atoms with van der Waals surface area (Å²) in [5, 5.41) is 8.71. The number of nitrogen functional groups attached to an aromatic ring is 1. The van der Waals surface area contributed by atoms with E-state index in [1.807, 2.05) is 0 Å². The summed E-state index contributed by atoms with van der Waals surface area (Å²) in [5.74, 6) is -0.925. The molecule has 19 heavy (non-hydrogen) atoms. The topological polar surface area (TPSA) is 64.1 Å². The molecule has 0 atom stereocenters. The van der Waals surface area contributed by atoms with Crippen molar-refractivity contribution in [1.82, 2.24) is 9.55 Å². The van der Waals surface area contributed by atoms with Crippen LogP contribution in [0.15, 0.2) is 18.2 Å². The summed E-state index contributed by atoms with van der Waals surface area (Å²) in [4.78, 5) is 3.62. The third-order valence-electron chi connectivity index (χ3n) is 2.82. The number of aromatic nitrogens is 2. The van der Waals surface area contributed by atoms with Gasteiger partial charge in [-0.2, -0.15) is 13.2 Å². The molecule has 4 nitrogen and oxygen atoms in total. The number of rotatable bonds is 4. The van der Waals surface area contributed by atoms with Gasteiger partial charge in [0.15, 0.2) is 0 Å². The average Bonchev–Trinajstić information content (AvgIpc) is 2.67. The third-order valence-corrected chi connectivity index (χ3v) is 2.82. The third kappa shape index (κ3) is 2.81. The molecular weight excluding hydrogens is 259 g/mol. The number of nitrogens with two attached hydrogens (primary N) is 1. The molecule has 0 aliphatic heterocycles. The molecule has 0 aliphatic carbocycles. The normalized spacial score (nSPS) is 12.2. The van der Waals surface area contributed by atoms with E-state index in [1.54, 1.807) is 6.07 Å². The lowest BCUT2D eigenvalue weighted by molar-refractivity contribution is -0.147. The van der Waals surface area contributed by atoms with Gasteiger partial charge in [-0.1, -0.05) is 0 Å². The van der Waals surface area contributed by atoms with Crippen LogP contribution in [0.3, 0.4) is 0 Å². The van der Waals surface area contributed by atoms with E-state index in [-0.39, 0.29) is 18.7 Å². The second kappa shape index (κ2) is 5.08. The van der Waals surface area contributed by atoms with E-state index in [9.17, 15) is 13.2 Å². The molecule has 0 saturated heterocycles. The highest BCUT2D eigenvalue weighted by atomic mass is 19.4. The van der Waals surface area contributed by atoms with Crippen LogP contribution in [0.1, 0.15) is 18.7 Å². The van der Waals surface area contributed by atoms with Crippen molar-refractivity contribution in [2.45, 2.75) is 25.6 Å². The largest absolute Gasteiger partial charge is 0.449 e. The molecule has 104 valence electrons. The Morgan fingerprint density at radius 1 is 1.26 bits per heavy atom. The van der Waals surface area contributed by atoms with Crippen molar-refractivity contribution in [1.29, 1.82) is 0 Å². The van der Waals surface area contributed by atoms with E-state index >= 15 is 0 Å². The standard InChI is InChI=1S/C12H14F3N3O/c13-12(14,15)11-17-9-7-8(16)3-4-10(9)18(11)5-1-2-6-19/h3-4,7,19H,1-2,5-6,16H2. The Kier molecular flexibility index (Phi) is 3.66. The zero-order chi connectivity index (χ0) is 14.0. The van der Waals surface area contributed by atoms with Crippen molar-refractivity contribution >= 4 is 16.7 Å². The fraction of sp³-hybridized carbons (Fsp3) is 0.417. The molecule has 0 fully saturated rings. The molecule has 0 bridgehead atoms. The first-order chi connectivity index (χ1) is 8.93. The summed E-state index contributed by atoms with van der Waals surface area (Å²) in [6.45, 7) is 0.122. The molecule has 0 radical (unpaired) electrons. The fourth-order valence-electron chi connectivity index (χ4n) is 1.97. The number of fused-ring (bicyclic) bond motifs is 1. The minimum Gasteiger partial charge on any atom is -0.399 e. The lowest BCUT2D eigenvalue weighted by Gasteiger charge is -2.10. The van der Waals surface area contributed by atoms with E-state index in [0.717, 1.165) is 4.57 Å². The number of anilines is 1. The average molecular weight is 273 g/mol. The number of imidazole rings is 1. The van der Waals surface area contributed by atoms with Crippen molar-refractivity contribution in [3.05, 3.63) is 24.0 Å². The Labute approximate surface area is 107 Å². The van der Waals surface area contributed by atoms with Crippen LogP contribution < -0.4 is 5.73 Å². The predicted octanol–water partition coefficient (Wildman–Crippen LogP) is 2.41. The molecule has 2 aromatic rings. The maximum Gasteiger partial charge on any atom is 0.449 e. The van der Waals surface area contributed by atoms with Gasteiger partial charge in [0.25, 0.3) is 0 Å². The number of nitrogens with zero attached hydrogens (tertiary/aromatic N) is 2. The number of unbranched alkanes of at least 4 members (excludes halogenated alkanes) is 1. The summed E-state index contributed by atoms with van der Waals surface area (Å²) in [7, 11) is 0. The lowest BCUT2D eigenvalue weighted by Crippen LogP contribution is -2.15. The van der Waals surface area contributed by atoms with Gasteiger partial charge in [-0.25, -0.2) is 4.98 Å². The molecular formula is C12H14F3N3O. The first-order valence-corrected chi connectivity index (χ1v) is 5.87. The smallest absolute Gasteiger partial charge is 0.399 e. The van der Waals surface area contributed by atoms with Crippen molar-refractivity contribution in [3.8, 4) is 0 Å². The van der Waals surface area contributed by atoms with Crippen molar-refractivity contribution < 1.29 is 18.3 Å². The minimum absolute atomic E-state index is 0.0407.